The number of hydrogen-bond donors (Lipinski definition) is 1. The minimum atomic E-state index is -0.724. The molecule has 0 aliphatic heterocycles. The van der Waals surface area contributed by atoms with Crippen molar-refractivity contribution in [3.63, 3.8) is 0 Å². The summed E-state index contributed by atoms with van der Waals surface area (Å²) in [6.07, 6.45) is 2.80. The van der Waals surface area contributed by atoms with Crippen molar-refractivity contribution in [3.05, 3.63) is 99.6 Å². The molecule has 0 spiro atoms. The first kappa shape index (κ1) is 19.5. The molecular formula is C22H17F2N3O3. The summed E-state index contributed by atoms with van der Waals surface area (Å²) in [6, 6.07) is 9.99. The van der Waals surface area contributed by atoms with E-state index in [1.807, 2.05) is 0 Å². The first-order chi connectivity index (χ1) is 14.5. The zero-order valence-corrected chi connectivity index (χ0v) is 16.0. The van der Waals surface area contributed by atoms with Gasteiger partial charge in [0, 0.05) is 17.6 Å². The van der Waals surface area contributed by atoms with E-state index in [1.165, 1.54) is 47.4 Å². The van der Waals surface area contributed by atoms with Crippen molar-refractivity contribution in [2.75, 3.05) is 0 Å². The van der Waals surface area contributed by atoms with E-state index in [-0.39, 0.29) is 35.3 Å². The average molecular weight is 409 g/mol. The highest BCUT2D eigenvalue weighted by molar-refractivity contribution is 6.07. The molecule has 0 aliphatic rings. The molecule has 0 radical (unpaired) electrons. The van der Waals surface area contributed by atoms with E-state index in [0.717, 1.165) is 0 Å². The summed E-state index contributed by atoms with van der Waals surface area (Å²) in [5, 5.41) is 2.74. The molecule has 1 N–H and O–H groups in total. The molecule has 0 atom stereocenters. The van der Waals surface area contributed by atoms with Crippen molar-refractivity contribution < 1.29 is 18.0 Å². The predicted molar refractivity (Wildman–Crippen MR) is 106 cm³/mol. The number of fused-ring (bicyclic) bond motifs is 1. The van der Waals surface area contributed by atoms with Gasteiger partial charge in [-0.2, -0.15) is 0 Å². The molecular weight excluding hydrogens is 392 g/mol. The van der Waals surface area contributed by atoms with Crippen molar-refractivity contribution in [1.29, 1.82) is 0 Å². The van der Waals surface area contributed by atoms with Gasteiger partial charge in [0.05, 0.1) is 17.1 Å². The maximum Gasteiger partial charge on any atom is 0.262 e. The van der Waals surface area contributed by atoms with Crippen molar-refractivity contribution in [2.24, 2.45) is 0 Å². The van der Waals surface area contributed by atoms with Gasteiger partial charge in [0.15, 0.2) is 0 Å². The van der Waals surface area contributed by atoms with Crippen LogP contribution < -0.4 is 10.9 Å². The Bertz CT molecular complexity index is 1300. The fraction of sp³-hybridized carbons (Fsp3) is 0.136. The Labute approximate surface area is 169 Å². The van der Waals surface area contributed by atoms with Gasteiger partial charge in [-0.25, -0.2) is 13.8 Å². The molecule has 0 bridgehead atoms. The first-order valence-electron chi connectivity index (χ1n) is 9.18. The van der Waals surface area contributed by atoms with E-state index in [9.17, 15) is 18.4 Å². The van der Waals surface area contributed by atoms with Crippen molar-refractivity contribution in [1.82, 2.24) is 14.9 Å². The van der Waals surface area contributed by atoms with E-state index < -0.39 is 23.1 Å². The van der Waals surface area contributed by atoms with Gasteiger partial charge >= 0.3 is 0 Å². The molecule has 2 aromatic heterocycles. The molecule has 8 heteroatoms. The summed E-state index contributed by atoms with van der Waals surface area (Å²) in [7, 11) is 0. The van der Waals surface area contributed by atoms with Crippen LogP contribution in [0.2, 0.25) is 0 Å². The second-order valence-corrected chi connectivity index (χ2v) is 6.75. The molecule has 0 saturated heterocycles. The number of pyridine rings is 1. The maximum atomic E-state index is 14.6. The van der Waals surface area contributed by atoms with E-state index in [1.54, 1.807) is 19.1 Å². The molecule has 0 saturated carbocycles. The number of nitrogens with zero attached hydrogens (tertiary/aromatic N) is 2. The number of amides is 1. The minimum absolute atomic E-state index is 0.0495. The van der Waals surface area contributed by atoms with Crippen LogP contribution in [0, 0.1) is 18.6 Å². The molecule has 1 amide bonds. The third-order valence-electron chi connectivity index (χ3n) is 4.85. The molecule has 2 heterocycles. The maximum absolute atomic E-state index is 14.6. The molecule has 2 aromatic carbocycles. The first-order valence-corrected chi connectivity index (χ1v) is 9.18. The predicted octanol–water partition coefficient (Wildman–Crippen LogP) is 3.55. The van der Waals surface area contributed by atoms with Crippen molar-refractivity contribution in [3.8, 4) is 0 Å². The Morgan fingerprint density at radius 2 is 2.00 bits per heavy atom. The number of aromatic nitrogens is 2. The lowest BCUT2D eigenvalue weighted by Gasteiger charge is -2.16. The Hall–Kier alpha value is -3.81. The van der Waals surface area contributed by atoms with E-state index in [2.05, 4.69) is 10.3 Å². The Morgan fingerprint density at radius 1 is 1.20 bits per heavy atom. The third-order valence-corrected chi connectivity index (χ3v) is 4.85. The average Bonchev–Trinajstić information content (AvgIpc) is 3.23. The summed E-state index contributed by atoms with van der Waals surface area (Å²) >= 11 is 0. The smallest absolute Gasteiger partial charge is 0.262 e. The van der Waals surface area contributed by atoms with Gasteiger partial charge in [0.25, 0.3) is 11.5 Å². The second kappa shape index (κ2) is 7.90. The van der Waals surface area contributed by atoms with Gasteiger partial charge in [-0.05, 0) is 30.7 Å². The molecule has 0 fully saturated rings. The Kier molecular flexibility index (Phi) is 5.14. The van der Waals surface area contributed by atoms with E-state index >= 15 is 0 Å². The van der Waals surface area contributed by atoms with Crippen LogP contribution in [0.15, 0.2) is 64.1 Å². The summed E-state index contributed by atoms with van der Waals surface area (Å²) in [4.78, 5) is 30.0. The lowest BCUT2D eigenvalue weighted by atomic mass is 10.0. The van der Waals surface area contributed by atoms with Crippen LogP contribution in [-0.4, -0.2) is 15.5 Å². The highest BCUT2D eigenvalue weighted by Gasteiger charge is 2.22. The van der Waals surface area contributed by atoms with Crippen LogP contribution in [0.25, 0.3) is 10.8 Å². The van der Waals surface area contributed by atoms with Gasteiger partial charge in [-0.15, -0.1) is 0 Å². The van der Waals surface area contributed by atoms with Crippen LogP contribution >= 0.6 is 0 Å². The van der Waals surface area contributed by atoms with Crippen LogP contribution in [0.5, 0.6) is 0 Å². The molecule has 30 heavy (non-hydrogen) atoms. The highest BCUT2D eigenvalue weighted by Crippen LogP contribution is 2.22. The molecule has 0 aliphatic carbocycles. The number of rotatable bonds is 5. The van der Waals surface area contributed by atoms with Gasteiger partial charge in [-0.3, -0.25) is 9.59 Å². The van der Waals surface area contributed by atoms with E-state index in [0.29, 0.717) is 11.3 Å². The number of nitrogens with one attached hydrogen (secondary N) is 1. The molecule has 152 valence electrons. The Morgan fingerprint density at radius 3 is 2.73 bits per heavy atom. The standard InChI is InChI=1S/C22H17F2N3O3/c1-13-19(21(28)26-11-14-4-2-5-15(23)10-14)16-6-3-7-17(24)20(16)22(29)27(13)12-18-25-8-9-30-18/h2-10H,11-12H2,1H3,(H,26,28). The van der Waals surface area contributed by atoms with Crippen molar-refractivity contribution >= 4 is 16.7 Å². The van der Waals surface area contributed by atoms with E-state index in [4.69, 9.17) is 4.42 Å². The number of oxazole rings is 1. The fourth-order valence-electron chi connectivity index (χ4n) is 3.43. The second-order valence-electron chi connectivity index (χ2n) is 6.75. The summed E-state index contributed by atoms with van der Waals surface area (Å²) in [5.74, 6) is -1.39. The molecule has 0 unspecified atom stereocenters. The van der Waals surface area contributed by atoms with Crippen LogP contribution in [0.4, 0.5) is 8.78 Å². The quantitative estimate of drug-likeness (QED) is 0.547. The van der Waals surface area contributed by atoms with Gasteiger partial charge < -0.3 is 14.3 Å². The summed E-state index contributed by atoms with van der Waals surface area (Å²) < 4.78 is 34.4. The van der Waals surface area contributed by atoms with Crippen LogP contribution in [-0.2, 0) is 13.1 Å². The normalized spacial score (nSPS) is 11.0. The zero-order chi connectivity index (χ0) is 21.3. The summed E-state index contributed by atoms with van der Waals surface area (Å²) in [6.45, 7) is 1.63. The topological polar surface area (TPSA) is 77.1 Å². The number of benzene rings is 2. The van der Waals surface area contributed by atoms with Gasteiger partial charge in [-0.1, -0.05) is 24.3 Å². The Balaban J connectivity index is 1.80. The largest absolute Gasteiger partial charge is 0.447 e. The minimum Gasteiger partial charge on any atom is -0.447 e. The molecule has 6 nitrogen and oxygen atoms in total. The molecule has 4 aromatic rings. The SMILES string of the molecule is Cc1c(C(=O)NCc2cccc(F)c2)c2cccc(F)c2c(=O)n1Cc1ncco1. The zero-order valence-electron chi connectivity index (χ0n) is 16.0. The number of halogens is 2. The monoisotopic (exact) mass is 409 g/mol. The van der Waals surface area contributed by atoms with Crippen LogP contribution in [0.1, 0.15) is 27.5 Å². The van der Waals surface area contributed by atoms with Gasteiger partial charge in [0.1, 0.15) is 24.4 Å². The number of carbonyl (C=O) groups is 1. The van der Waals surface area contributed by atoms with Gasteiger partial charge in [0.2, 0.25) is 5.89 Å². The molecule has 4 rings (SSSR count). The lowest BCUT2D eigenvalue weighted by molar-refractivity contribution is 0.0951. The lowest BCUT2D eigenvalue weighted by Crippen LogP contribution is -2.31. The fourth-order valence-corrected chi connectivity index (χ4v) is 3.43. The number of carbonyl (C=O) groups excluding carboxylic acids is 1. The van der Waals surface area contributed by atoms with Crippen molar-refractivity contribution in [2.45, 2.75) is 20.0 Å². The number of hydrogen-bond acceptors (Lipinski definition) is 4. The summed E-state index contributed by atoms with van der Waals surface area (Å²) in [5.41, 5.74) is 0.491. The van der Waals surface area contributed by atoms with Crippen LogP contribution in [0.3, 0.4) is 0 Å². The highest BCUT2D eigenvalue weighted by atomic mass is 19.1. The third kappa shape index (κ3) is 3.59.